The first-order chi connectivity index (χ1) is 34.1. The van der Waals surface area contributed by atoms with E-state index in [0.717, 1.165) is 0 Å². The second kappa shape index (κ2) is 25.6. The summed E-state index contributed by atoms with van der Waals surface area (Å²) in [6.07, 6.45) is 1.33. The fourth-order valence-electron chi connectivity index (χ4n) is 8.41. The number of carbonyl (C=O) groups is 8. The van der Waals surface area contributed by atoms with Crippen molar-refractivity contribution >= 4 is 58.2 Å². The molecule has 7 amide bonds. The Balaban J connectivity index is 1.27. The highest BCUT2D eigenvalue weighted by Gasteiger charge is 2.39. The monoisotopic (exact) mass is 990 g/mol. The van der Waals surface area contributed by atoms with Crippen LogP contribution in [-0.4, -0.2) is 123 Å². The van der Waals surface area contributed by atoms with E-state index in [4.69, 9.17) is 5.73 Å². The Morgan fingerprint density at radius 1 is 0.732 bits per heavy atom. The first-order valence-corrected chi connectivity index (χ1v) is 24.7. The fraction of sp³-hybridized carbons (Fsp3) is 0.385. The summed E-state index contributed by atoms with van der Waals surface area (Å²) in [5.41, 5.74) is 9.02. The second-order valence-electron chi connectivity index (χ2n) is 17.9. The molecule has 2 fully saturated rings. The highest BCUT2D eigenvalue weighted by Crippen LogP contribution is 2.22. The van der Waals surface area contributed by atoms with Crippen LogP contribution in [0.4, 0.5) is 0 Å². The topological polar surface area (TPSA) is 278 Å². The quantitative estimate of drug-likeness (QED) is 0.0821. The second-order valence-corrected chi connectivity index (χ2v) is 19.0. The molecule has 18 nitrogen and oxygen atoms in total. The van der Waals surface area contributed by atoms with Gasteiger partial charge in [0.15, 0.2) is 0 Å². The lowest BCUT2D eigenvalue weighted by atomic mass is 9.97. The SMILES string of the molecule is CC[C@H](C)[C@@H]1NC(=O)[C@@H](NC(=O)[C@H](Cc2ccccc2)NC(=O)[C@@H]2CCCN2C(=O)[C@@H](N)Cc2ccc(O)cc2)CSC(=O)[C@H](Cc2ccccc2)NC(=O)[C@H](Cc2ccc(O)cc2)NC(=O)CNC1=O. The van der Waals surface area contributed by atoms with Crippen LogP contribution >= 0.6 is 11.8 Å². The number of likely N-dealkylation sites (tertiary alicyclic amines) is 1. The number of hydrogen-bond donors (Lipinski definition) is 9. The summed E-state index contributed by atoms with van der Waals surface area (Å²) in [5.74, 6) is -5.62. The fourth-order valence-corrected chi connectivity index (χ4v) is 9.32. The molecule has 2 aliphatic heterocycles. The molecule has 0 aliphatic carbocycles. The number of phenolic OH excluding ortho intramolecular Hbond substituents is 2. The van der Waals surface area contributed by atoms with E-state index in [1.807, 2.05) is 6.92 Å². The zero-order chi connectivity index (χ0) is 51.0. The number of amides is 7. The molecule has 8 atom stereocenters. The molecule has 10 N–H and O–H groups in total. The molecule has 4 aromatic carbocycles. The van der Waals surface area contributed by atoms with Crippen molar-refractivity contribution in [3.05, 3.63) is 131 Å². The van der Waals surface area contributed by atoms with Crippen LogP contribution in [0.5, 0.6) is 11.5 Å². The van der Waals surface area contributed by atoms with E-state index in [1.54, 1.807) is 91.9 Å². The minimum absolute atomic E-state index is 0.00337. The maximum Gasteiger partial charge on any atom is 0.244 e. The summed E-state index contributed by atoms with van der Waals surface area (Å²) in [6, 6.07) is 21.7. The Morgan fingerprint density at radius 3 is 1.94 bits per heavy atom. The number of hydrogen-bond acceptors (Lipinski definition) is 12. The van der Waals surface area contributed by atoms with Gasteiger partial charge in [-0.3, -0.25) is 38.4 Å². The molecule has 2 heterocycles. The van der Waals surface area contributed by atoms with Crippen molar-refractivity contribution in [3.8, 4) is 11.5 Å². The lowest BCUT2D eigenvalue weighted by molar-refractivity contribution is -0.140. The van der Waals surface area contributed by atoms with Gasteiger partial charge in [-0.15, -0.1) is 0 Å². The Kier molecular flexibility index (Phi) is 19.1. The predicted molar refractivity (Wildman–Crippen MR) is 266 cm³/mol. The molecule has 376 valence electrons. The minimum Gasteiger partial charge on any atom is -0.508 e. The third-order valence-electron chi connectivity index (χ3n) is 12.6. The van der Waals surface area contributed by atoms with Crippen molar-refractivity contribution in [1.82, 2.24) is 36.8 Å². The third kappa shape index (κ3) is 15.4. The van der Waals surface area contributed by atoms with Crippen LogP contribution in [0.3, 0.4) is 0 Å². The van der Waals surface area contributed by atoms with Gasteiger partial charge >= 0.3 is 0 Å². The summed E-state index contributed by atoms with van der Waals surface area (Å²) in [6.45, 7) is 3.22. The molecule has 0 unspecified atom stereocenters. The number of carbonyl (C=O) groups excluding carboxylic acids is 8. The summed E-state index contributed by atoms with van der Waals surface area (Å²) < 4.78 is 0. The number of aromatic hydroxyl groups is 2. The maximum atomic E-state index is 14.6. The van der Waals surface area contributed by atoms with E-state index in [-0.39, 0.29) is 49.5 Å². The number of rotatable bonds is 15. The molecule has 2 aliphatic rings. The summed E-state index contributed by atoms with van der Waals surface area (Å²) in [4.78, 5) is 114. The van der Waals surface area contributed by atoms with Gasteiger partial charge in [0.1, 0.15) is 47.8 Å². The Morgan fingerprint density at radius 2 is 1.31 bits per heavy atom. The molecular formula is C52H62N8O10S. The van der Waals surface area contributed by atoms with Crippen molar-refractivity contribution in [2.75, 3.05) is 18.8 Å². The zero-order valence-electron chi connectivity index (χ0n) is 39.7. The van der Waals surface area contributed by atoms with Crippen molar-refractivity contribution in [1.29, 1.82) is 0 Å². The van der Waals surface area contributed by atoms with Crippen LogP contribution in [0.25, 0.3) is 0 Å². The smallest absolute Gasteiger partial charge is 0.244 e. The van der Waals surface area contributed by atoms with E-state index in [2.05, 4.69) is 31.9 Å². The maximum absolute atomic E-state index is 14.6. The molecule has 6 rings (SSSR count). The zero-order valence-corrected chi connectivity index (χ0v) is 40.5. The number of nitrogens with zero attached hydrogens (tertiary/aromatic N) is 1. The van der Waals surface area contributed by atoms with E-state index in [0.29, 0.717) is 53.3 Å². The van der Waals surface area contributed by atoms with Gasteiger partial charge in [0.05, 0.1) is 12.6 Å². The molecule has 19 heteroatoms. The standard InChI is InChI=1S/C52H62N8O10S/c1-3-31(2)45-50(68)54-29-44(63)55-39(27-35-18-22-37(62)23-19-35)46(64)57-41(28-33-13-8-5-9-14-33)52(70)71-30-42(48(66)59-45)58-47(65)40(26-32-11-6-4-7-12-32)56-49(67)43-15-10-24-60(43)51(69)38(53)25-34-16-20-36(61)21-17-34/h4-9,11-14,16-23,31,38-43,45,61-62H,3,10,15,24-30,53H2,1-2H3,(H,54,68)(H,55,63)(H,56,67)(H,57,64)(H,58,65)(H,59,66)/t31-,38-,39-,40-,41-,42-,43-,45-/m0/s1. The molecule has 0 radical (unpaired) electrons. The van der Waals surface area contributed by atoms with Gasteiger partial charge in [-0.05, 0) is 71.7 Å². The van der Waals surface area contributed by atoms with Gasteiger partial charge in [-0.2, -0.15) is 0 Å². The summed E-state index contributed by atoms with van der Waals surface area (Å²) in [5, 5.41) is 35.3. The van der Waals surface area contributed by atoms with Crippen molar-refractivity contribution < 1.29 is 48.6 Å². The Hall–Kier alpha value is -7.25. The molecule has 0 saturated carbocycles. The minimum atomic E-state index is -1.49. The van der Waals surface area contributed by atoms with Gasteiger partial charge in [-0.1, -0.05) is 117 Å². The predicted octanol–water partition coefficient (Wildman–Crippen LogP) is 1.55. The van der Waals surface area contributed by atoms with Gasteiger partial charge in [0.25, 0.3) is 0 Å². The Labute approximate surface area is 416 Å². The van der Waals surface area contributed by atoms with Crippen molar-refractivity contribution in [2.45, 2.75) is 101 Å². The Bertz CT molecular complexity index is 2500. The molecule has 0 aromatic heterocycles. The van der Waals surface area contributed by atoms with Crippen LogP contribution in [0.1, 0.15) is 55.4 Å². The van der Waals surface area contributed by atoms with Crippen LogP contribution in [-0.2, 0) is 64.0 Å². The van der Waals surface area contributed by atoms with E-state index in [9.17, 15) is 48.6 Å². The van der Waals surface area contributed by atoms with Crippen molar-refractivity contribution in [2.24, 2.45) is 11.7 Å². The molecular weight excluding hydrogens is 929 g/mol. The molecule has 4 aromatic rings. The number of phenols is 2. The lowest BCUT2D eigenvalue weighted by Gasteiger charge is -2.30. The van der Waals surface area contributed by atoms with Gasteiger partial charge in [0.2, 0.25) is 46.5 Å². The average molecular weight is 991 g/mol. The number of benzene rings is 4. The lowest BCUT2D eigenvalue weighted by Crippen LogP contribution is -2.61. The molecule has 0 spiro atoms. The first kappa shape index (κ1) is 53.1. The van der Waals surface area contributed by atoms with E-state index in [1.165, 1.54) is 29.2 Å². The van der Waals surface area contributed by atoms with Gasteiger partial charge < -0.3 is 52.7 Å². The highest BCUT2D eigenvalue weighted by atomic mass is 32.2. The molecule has 0 bridgehead atoms. The van der Waals surface area contributed by atoms with Crippen LogP contribution in [0.15, 0.2) is 109 Å². The number of nitrogens with one attached hydrogen (secondary N) is 6. The first-order valence-electron chi connectivity index (χ1n) is 23.7. The van der Waals surface area contributed by atoms with Gasteiger partial charge in [-0.25, -0.2) is 0 Å². The molecule has 71 heavy (non-hydrogen) atoms. The van der Waals surface area contributed by atoms with Crippen LogP contribution in [0.2, 0.25) is 0 Å². The molecule has 2 saturated heterocycles. The van der Waals surface area contributed by atoms with E-state index < -0.39 is 101 Å². The third-order valence-corrected chi connectivity index (χ3v) is 13.7. The number of nitrogens with two attached hydrogens (primary N) is 1. The average Bonchev–Trinajstić information content (AvgIpc) is 3.87. The van der Waals surface area contributed by atoms with E-state index >= 15 is 0 Å². The van der Waals surface area contributed by atoms with Crippen LogP contribution < -0.4 is 37.6 Å². The summed E-state index contributed by atoms with van der Waals surface area (Å²) in [7, 11) is 0. The number of thioether (sulfide) groups is 1. The van der Waals surface area contributed by atoms with Crippen molar-refractivity contribution in [3.63, 3.8) is 0 Å². The van der Waals surface area contributed by atoms with Gasteiger partial charge in [0, 0.05) is 31.6 Å². The normalized spacial score (nSPS) is 21.6. The van der Waals surface area contributed by atoms with Crippen LogP contribution in [0, 0.1) is 5.92 Å². The highest BCUT2D eigenvalue weighted by molar-refractivity contribution is 8.13. The largest absolute Gasteiger partial charge is 0.508 e. The summed E-state index contributed by atoms with van der Waals surface area (Å²) >= 11 is 0.676.